The van der Waals surface area contributed by atoms with Gasteiger partial charge in [-0.05, 0) is 36.9 Å². The van der Waals surface area contributed by atoms with Crippen LogP contribution in [0.15, 0.2) is 59.1 Å². The summed E-state index contributed by atoms with van der Waals surface area (Å²) in [6, 6.07) is 15.9. The average Bonchev–Trinajstić information content (AvgIpc) is 3.26. The molecule has 0 bridgehead atoms. The first-order valence-corrected chi connectivity index (χ1v) is 11.5. The van der Waals surface area contributed by atoms with E-state index >= 15 is 0 Å². The lowest BCUT2D eigenvalue weighted by molar-refractivity contribution is -0.131. The molecule has 1 saturated heterocycles. The summed E-state index contributed by atoms with van der Waals surface area (Å²) in [6.45, 7) is 4.61. The highest BCUT2D eigenvalue weighted by atomic mass is 19.1. The summed E-state index contributed by atoms with van der Waals surface area (Å²) in [7, 11) is 3.72. The van der Waals surface area contributed by atoms with Crippen LogP contribution in [-0.2, 0) is 22.5 Å². The van der Waals surface area contributed by atoms with Crippen LogP contribution in [-0.4, -0.2) is 74.4 Å². The van der Waals surface area contributed by atoms with Crippen LogP contribution in [0, 0.1) is 5.82 Å². The minimum Gasteiger partial charge on any atom is -0.383 e. The number of hydrogen-bond donors (Lipinski definition) is 0. The van der Waals surface area contributed by atoms with E-state index in [-0.39, 0.29) is 11.7 Å². The van der Waals surface area contributed by atoms with E-state index in [0.29, 0.717) is 37.7 Å². The van der Waals surface area contributed by atoms with E-state index in [1.165, 1.54) is 12.1 Å². The van der Waals surface area contributed by atoms with Crippen molar-refractivity contribution >= 4 is 11.8 Å². The summed E-state index contributed by atoms with van der Waals surface area (Å²) in [5.41, 5.74) is 3.17. The molecule has 0 atom stereocenters. The molecule has 7 nitrogen and oxygen atoms in total. The molecule has 1 fully saturated rings. The maximum atomic E-state index is 13.6. The molecule has 1 aliphatic heterocycles. The predicted octanol–water partition coefficient (Wildman–Crippen LogP) is 3.45. The van der Waals surface area contributed by atoms with E-state index in [1.54, 1.807) is 24.1 Å². The quantitative estimate of drug-likeness (QED) is 0.482. The maximum Gasteiger partial charge on any atom is 0.232 e. The summed E-state index contributed by atoms with van der Waals surface area (Å²) in [6.07, 6.45) is 0.297. The zero-order chi connectivity index (χ0) is 23.9. The van der Waals surface area contributed by atoms with E-state index in [9.17, 15) is 9.18 Å². The number of ether oxygens (including phenoxy) is 1. The normalized spacial score (nSPS) is 14.4. The molecule has 34 heavy (non-hydrogen) atoms. The van der Waals surface area contributed by atoms with Gasteiger partial charge in [-0.15, -0.1) is 0 Å². The van der Waals surface area contributed by atoms with Gasteiger partial charge >= 0.3 is 0 Å². The third-order valence-corrected chi connectivity index (χ3v) is 6.14. The highest BCUT2D eigenvalue weighted by molar-refractivity contribution is 5.79. The van der Waals surface area contributed by atoms with Crippen molar-refractivity contribution in [2.24, 2.45) is 0 Å². The fourth-order valence-corrected chi connectivity index (χ4v) is 4.10. The Morgan fingerprint density at radius 2 is 1.79 bits per heavy atom. The Labute approximate surface area is 199 Å². The van der Waals surface area contributed by atoms with Crippen molar-refractivity contribution in [1.29, 1.82) is 0 Å². The lowest BCUT2D eigenvalue weighted by Gasteiger charge is -2.33. The van der Waals surface area contributed by atoms with E-state index in [1.807, 2.05) is 30.3 Å². The smallest absolute Gasteiger partial charge is 0.232 e. The summed E-state index contributed by atoms with van der Waals surface area (Å²) in [5, 5.41) is 4.37. The van der Waals surface area contributed by atoms with Crippen LogP contribution in [0.3, 0.4) is 0 Å². The molecule has 180 valence electrons. The SMILES string of the molecule is COCCN(Cc1c(-c2ccc(F)cc2)noc1N1CCN(C)CC1)C(=O)Cc1ccccc1. The number of piperazine rings is 1. The minimum atomic E-state index is -0.312. The fourth-order valence-electron chi connectivity index (χ4n) is 4.10. The van der Waals surface area contributed by atoms with Crippen molar-refractivity contribution in [3.63, 3.8) is 0 Å². The van der Waals surface area contributed by atoms with Gasteiger partial charge in [-0.2, -0.15) is 0 Å². The number of rotatable bonds is 9. The zero-order valence-corrected chi connectivity index (χ0v) is 19.7. The van der Waals surface area contributed by atoms with Gasteiger partial charge in [0.2, 0.25) is 11.8 Å². The van der Waals surface area contributed by atoms with Crippen molar-refractivity contribution in [3.05, 3.63) is 71.5 Å². The molecular formula is C26H31FN4O3. The van der Waals surface area contributed by atoms with Gasteiger partial charge in [0.1, 0.15) is 11.5 Å². The number of methoxy groups -OCH3 is 1. The Morgan fingerprint density at radius 3 is 2.47 bits per heavy atom. The molecule has 0 aliphatic carbocycles. The largest absolute Gasteiger partial charge is 0.383 e. The van der Waals surface area contributed by atoms with E-state index in [4.69, 9.17) is 9.26 Å². The molecule has 0 spiro atoms. The van der Waals surface area contributed by atoms with E-state index < -0.39 is 0 Å². The lowest BCUT2D eigenvalue weighted by atomic mass is 10.1. The van der Waals surface area contributed by atoms with Crippen molar-refractivity contribution in [1.82, 2.24) is 15.0 Å². The zero-order valence-electron chi connectivity index (χ0n) is 19.7. The van der Waals surface area contributed by atoms with Gasteiger partial charge < -0.3 is 24.0 Å². The average molecular weight is 467 g/mol. The summed E-state index contributed by atoms with van der Waals surface area (Å²) in [5.74, 6) is 0.356. The van der Waals surface area contributed by atoms with Crippen LogP contribution in [0.5, 0.6) is 0 Å². The third kappa shape index (κ3) is 5.81. The number of aromatic nitrogens is 1. The van der Waals surface area contributed by atoms with Gasteiger partial charge in [0.05, 0.1) is 25.1 Å². The topological polar surface area (TPSA) is 62.1 Å². The Balaban J connectivity index is 1.66. The maximum absolute atomic E-state index is 13.6. The monoisotopic (exact) mass is 466 g/mol. The number of likely N-dealkylation sites (N-methyl/N-ethyl adjacent to an activating group) is 1. The number of nitrogens with zero attached hydrogens (tertiary/aromatic N) is 4. The molecular weight excluding hydrogens is 435 g/mol. The van der Waals surface area contributed by atoms with Crippen LogP contribution in [0.1, 0.15) is 11.1 Å². The van der Waals surface area contributed by atoms with Gasteiger partial charge in [-0.1, -0.05) is 35.5 Å². The molecule has 2 aromatic carbocycles. The molecule has 0 unspecified atom stereocenters. The van der Waals surface area contributed by atoms with E-state index in [2.05, 4.69) is 22.0 Å². The number of benzene rings is 2. The number of halogens is 1. The number of carbonyl (C=O) groups excluding carboxylic acids is 1. The molecule has 0 N–H and O–H groups in total. The van der Waals surface area contributed by atoms with Crippen molar-refractivity contribution in [3.8, 4) is 11.3 Å². The minimum absolute atomic E-state index is 0.00108. The van der Waals surface area contributed by atoms with Crippen molar-refractivity contribution in [2.75, 3.05) is 58.4 Å². The van der Waals surface area contributed by atoms with Gasteiger partial charge in [-0.3, -0.25) is 4.79 Å². The van der Waals surface area contributed by atoms with Gasteiger partial charge in [0.15, 0.2) is 0 Å². The Hall–Kier alpha value is -3.23. The first-order valence-electron chi connectivity index (χ1n) is 11.5. The van der Waals surface area contributed by atoms with Crippen LogP contribution >= 0.6 is 0 Å². The van der Waals surface area contributed by atoms with Crippen molar-refractivity contribution in [2.45, 2.75) is 13.0 Å². The Kier molecular flexibility index (Phi) is 7.92. The number of carbonyl (C=O) groups is 1. The molecule has 1 amide bonds. The summed E-state index contributed by atoms with van der Waals surface area (Å²) >= 11 is 0. The van der Waals surface area contributed by atoms with Crippen LogP contribution in [0.4, 0.5) is 10.3 Å². The van der Waals surface area contributed by atoms with Crippen LogP contribution in [0.2, 0.25) is 0 Å². The Bertz CT molecular complexity index is 1060. The van der Waals surface area contributed by atoms with Crippen molar-refractivity contribution < 1.29 is 18.4 Å². The molecule has 0 radical (unpaired) electrons. The summed E-state index contributed by atoms with van der Waals surface area (Å²) in [4.78, 5) is 19.5. The third-order valence-electron chi connectivity index (χ3n) is 6.14. The molecule has 2 heterocycles. The second-order valence-corrected chi connectivity index (χ2v) is 8.58. The summed E-state index contributed by atoms with van der Waals surface area (Å²) < 4.78 is 24.7. The molecule has 8 heteroatoms. The molecule has 4 rings (SSSR count). The molecule has 1 aliphatic rings. The predicted molar refractivity (Wildman–Crippen MR) is 129 cm³/mol. The Morgan fingerprint density at radius 1 is 1.09 bits per heavy atom. The van der Waals surface area contributed by atoms with Crippen LogP contribution < -0.4 is 4.90 Å². The lowest BCUT2D eigenvalue weighted by Crippen LogP contribution is -2.45. The second kappa shape index (κ2) is 11.3. The number of amides is 1. The highest BCUT2D eigenvalue weighted by Crippen LogP contribution is 2.33. The molecule has 3 aromatic rings. The molecule has 0 saturated carbocycles. The first kappa shape index (κ1) is 23.9. The molecule has 1 aromatic heterocycles. The fraction of sp³-hybridized carbons (Fsp3) is 0.385. The van der Waals surface area contributed by atoms with E-state index in [0.717, 1.165) is 42.9 Å². The van der Waals surface area contributed by atoms with Crippen LogP contribution in [0.25, 0.3) is 11.3 Å². The number of anilines is 1. The second-order valence-electron chi connectivity index (χ2n) is 8.58. The van der Waals surface area contributed by atoms with Gasteiger partial charge in [0, 0.05) is 45.4 Å². The van der Waals surface area contributed by atoms with Gasteiger partial charge in [-0.25, -0.2) is 4.39 Å². The standard InChI is InChI=1S/C26H31FN4O3/c1-29-12-14-30(15-13-29)26-23(25(28-34-26)21-8-10-22(27)11-9-21)19-31(16-17-33-2)24(32)18-20-6-4-3-5-7-20/h3-11H,12-19H2,1-2H3. The first-order chi connectivity index (χ1) is 16.5. The van der Waals surface area contributed by atoms with Gasteiger partial charge in [0.25, 0.3) is 0 Å². The number of hydrogen-bond acceptors (Lipinski definition) is 6. The highest BCUT2D eigenvalue weighted by Gasteiger charge is 2.27.